The van der Waals surface area contributed by atoms with Gasteiger partial charge in [0.2, 0.25) is 0 Å². The van der Waals surface area contributed by atoms with Gasteiger partial charge in [-0.05, 0) is 61.5 Å². The Morgan fingerprint density at radius 3 is 2.85 bits per heavy atom. The molecule has 0 spiro atoms. The maximum atomic E-state index is 14.8. The number of likely N-dealkylation sites (tertiary alicyclic amines) is 1. The van der Waals surface area contributed by atoms with Crippen LogP contribution in [0.15, 0.2) is 41.4 Å². The molecular formula is C29H32F3N5O2S. The summed E-state index contributed by atoms with van der Waals surface area (Å²) in [5, 5.41) is 6.14. The summed E-state index contributed by atoms with van der Waals surface area (Å²) in [5.41, 5.74) is 3.12. The van der Waals surface area contributed by atoms with Gasteiger partial charge in [-0.3, -0.25) is 4.79 Å². The molecule has 1 aromatic carbocycles. The number of hydrogen-bond acceptors (Lipinski definition) is 6. The Labute approximate surface area is 235 Å². The average Bonchev–Trinajstić information content (AvgIpc) is 3.21. The van der Waals surface area contributed by atoms with Crippen molar-refractivity contribution in [3.05, 3.63) is 53.2 Å². The lowest BCUT2D eigenvalue weighted by molar-refractivity contribution is 0.0957. The van der Waals surface area contributed by atoms with Crippen molar-refractivity contribution in [2.45, 2.75) is 41.6 Å². The number of anilines is 2. The summed E-state index contributed by atoms with van der Waals surface area (Å²) in [6, 6.07) is 8.38. The molecule has 3 N–H and O–H groups in total. The van der Waals surface area contributed by atoms with E-state index in [9.17, 15) is 18.0 Å². The fourth-order valence-electron chi connectivity index (χ4n) is 5.12. The fraction of sp³-hybridized carbons (Fsp3) is 0.414. The molecule has 212 valence electrons. The summed E-state index contributed by atoms with van der Waals surface area (Å²) in [6.45, 7) is 1.35. The van der Waals surface area contributed by atoms with Crippen molar-refractivity contribution < 1.29 is 22.7 Å². The standard InChI is InChI=1S/C29H32F3N5O2S/c1-33-28(38)19-6-8-23(24(15-19)39-3)34-13-4-5-20-16-37-25(35-22-11-14-36(2)17-21(22)30)9-7-18-10-12-29(31,32)40-27(20)26(18)37/h6-9,15-16,21-22,34-35H,10-14,17H2,1-3H3,(H,33,38)/t21-,22+/m0/s1. The number of aromatic nitrogens is 1. The zero-order valence-corrected chi connectivity index (χ0v) is 23.4. The fourth-order valence-corrected chi connectivity index (χ4v) is 6.16. The van der Waals surface area contributed by atoms with Crippen LogP contribution in [0.1, 0.15) is 34.3 Å². The number of methoxy groups -OCH3 is 1. The molecule has 0 aliphatic carbocycles. The zero-order chi connectivity index (χ0) is 28.4. The minimum Gasteiger partial charge on any atom is -0.495 e. The van der Waals surface area contributed by atoms with E-state index in [0.717, 1.165) is 12.1 Å². The number of nitrogens with one attached hydrogen (secondary N) is 3. The summed E-state index contributed by atoms with van der Waals surface area (Å²) in [4.78, 5) is 14.3. The number of thioether (sulfide) groups is 1. The number of carbonyl (C=O) groups is 1. The maximum absolute atomic E-state index is 14.8. The van der Waals surface area contributed by atoms with Crippen LogP contribution in [-0.2, 0) is 6.42 Å². The third-order valence-corrected chi connectivity index (χ3v) is 8.38. The number of carbonyl (C=O) groups excluding carboxylic acids is 1. The molecule has 2 aliphatic rings. The topological polar surface area (TPSA) is 70.0 Å². The van der Waals surface area contributed by atoms with Gasteiger partial charge in [0.05, 0.1) is 41.4 Å². The number of hydrogen-bond donors (Lipinski definition) is 3. The zero-order valence-electron chi connectivity index (χ0n) is 22.6. The minimum absolute atomic E-state index is 0.222. The maximum Gasteiger partial charge on any atom is 0.298 e. The lowest BCUT2D eigenvalue weighted by Gasteiger charge is -2.33. The SMILES string of the molecule is CNC(=O)c1ccc(NCC#Cc2cn3c(N[C@@H]4CCN(C)C[C@@H]4F)ccc4c3c2SC(F)(F)CC4)c(OC)c1. The highest BCUT2D eigenvalue weighted by Gasteiger charge is 2.36. The summed E-state index contributed by atoms with van der Waals surface area (Å²) in [6.07, 6.45) is 1.34. The molecule has 0 unspecified atom stereocenters. The number of pyridine rings is 1. The van der Waals surface area contributed by atoms with Crippen LogP contribution < -0.4 is 20.7 Å². The predicted molar refractivity (Wildman–Crippen MR) is 153 cm³/mol. The lowest BCUT2D eigenvalue weighted by Crippen LogP contribution is -2.46. The second-order valence-corrected chi connectivity index (χ2v) is 11.3. The van der Waals surface area contributed by atoms with Gasteiger partial charge >= 0.3 is 0 Å². The highest BCUT2D eigenvalue weighted by molar-refractivity contribution is 8.00. The van der Waals surface area contributed by atoms with Gasteiger partial charge in [-0.15, -0.1) is 0 Å². The van der Waals surface area contributed by atoms with Gasteiger partial charge in [0.25, 0.3) is 11.2 Å². The monoisotopic (exact) mass is 571 g/mol. The van der Waals surface area contributed by atoms with Crippen molar-refractivity contribution in [1.29, 1.82) is 0 Å². The molecule has 3 aromatic rings. The van der Waals surface area contributed by atoms with Crippen LogP contribution in [0.25, 0.3) is 5.52 Å². The Kier molecular flexibility index (Phi) is 8.10. The number of aryl methyl sites for hydroxylation is 1. The molecule has 1 saturated heterocycles. The second kappa shape index (κ2) is 11.6. The molecule has 2 aromatic heterocycles. The highest BCUT2D eigenvalue weighted by Crippen LogP contribution is 2.47. The smallest absolute Gasteiger partial charge is 0.298 e. The molecule has 0 bridgehead atoms. The van der Waals surface area contributed by atoms with Crippen molar-refractivity contribution >= 4 is 34.7 Å². The van der Waals surface area contributed by atoms with E-state index in [0.29, 0.717) is 63.5 Å². The molecule has 0 saturated carbocycles. The first-order chi connectivity index (χ1) is 19.2. The van der Waals surface area contributed by atoms with Gasteiger partial charge in [-0.2, -0.15) is 8.78 Å². The molecule has 7 nitrogen and oxygen atoms in total. The third-order valence-electron chi connectivity index (χ3n) is 7.26. The van der Waals surface area contributed by atoms with Crippen LogP contribution in [0.4, 0.5) is 24.7 Å². The van der Waals surface area contributed by atoms with E-state index in [-0.39, 0.29) is 31.3 Å². The second-order valence-electron chi connectivity index (χ2n) is 10.0. The average molecular weight is 572 g/mol. The van der Waals surface area contributed by atoms with Crippen LogP contribution in [0.3, 0.4) is 0 Å². The van der Waals surface area contributed by atoms with E-state index < -0.39 is 11.4 Å². The summed E-state index contributed by atoms with van der Waals surface area (Å²) < 4.78 is 51.6. The number of piperidine rings is 1. The van der Waals surface area contributed by atoms with Gasteiger partial charge in [0.15, 0.2) is 0 Å². The molecule has 11 heteroatoms. The summed E-state index contributed by atoms with van der Waals surface area (Å²) in [7, 11) is 4.97. The minimum atomic E-state index is -2.93. The molecule has 4 heterocycles. The van der Waals surface area contributed by atoms with Gasteiger partial charge in [0.1, 0.15) is 17.7 Å². The molecular weight excluding hydrogens is 539 g/mol. The molecule has 1 amide bonds. The summed E-state index contributed by atoms with van der Waals surface area (Å²) in [5.74, 6) is 7.03. The largest absolute Gasteiger partial charge is 0.495 e. The van der Waals surface area contributed by atoms with Crippen molar-refractivity contribution in [3.8, 4) is 17.6 Å². The van der Waals surface area contributed by atoms with Crippen LogP contribution in [0.5, 0.6) is 5.75 Å². The van der Waals surface area contributed by atoms with Gasteiger partial charge < -0.3 is 30.0 Å². The van der Waals surface area contributed by atoms with Gasteiger partial charge in [0, 0.05) is 38.3 Å². The van der Waals surface area contributed by atoms with Crippen molar-refractivity contribution in [1.82, 2.24) is 14.6 Å². The normalized spacial score (nSPS) is 20.2. The van der Waals surface area contributed by atoms with E-state index in [4.69, 9.17) is 4.74 Å². The molecule has 2 aliphatic heterocycles. The third kappa shape index (κ3) is 5.83. The van der Waals surface area contributed by atoms with Crippen molar-refractivity contribution in [2.75, 3.05) is 51.5 Å². The summed E-state index contributed by atoms with van der Waals surface area (Å²) >= 11 is 0.540. The molecule has 1 fully saturated rings. The van der Waals surface area contributed by atoms with Crippen LogP contribution in [0, 0.1) is 11.8 Å². The van der Waals surface area contributed by atoms with Gasteiger partial charge in [-0.25, -0.2) is 4.39 Å². The first kappa shape index (κ1) is 28.1. The number of alkyl halides is 3. The van der Waals surface area contributed by atoms with Crippen LogP contribution >= 0.6 is 11.8 Å². The first-order valence-corrected chi connectivity index (χ1v) is 14.0. The van der Waals surface area contributed by atoms with E-state index >= 15 is 0 Å². The molecule has 2 atom stereocenters. The van der Waals surface area contributed by atoms with Crippen LogP contribution in [-0.4, -0.2) is 73.5 Å². The number of halogens is 3. The number of ether oxygens (including phenoxy) is 1. The van der Waals surface area contributed by atoms with Crippen LogP contribution in [0.2, 0.25) is 0 Å². The number of amides is 1. The van der Waals surface area contributed by atoms with Crippen molar-refractivity contribution in [3.63, 3.8) is 0 Å². The Hall–Kier alpha value is -3.49. The first-order valence-electron chi connectivity index (χ1n) is 13.1. The van der Waals surface area contributed by atoms with Gasteiger partial charge in [-0.1, -0.05) is 17.9 Å². The van der Waals surface area contributed by atoms with E-state index in [1.807, 2.05) is 28.5 Å². The Balaban J connectivity index is 1.43. The van der Waals surface area contributed by atoms with E-state index in [2.05, 4.69) is 27.8 Å². The number of nitrogens with zero attached hydrogens (tertiary/aromatic N) is 2. The Morgan fingerprint density at radius 1 is 1.27 bits per heavy atom. The molecule has 5 rings (SSSR count). The Bertz CT molecular complexity index is 1480. The number of rotatable bonds is 6. The highest BCUT2D eigenvalue weighted by atomic mass is 32.2. The number of benzene rings is 1. The molecule has 0 radical (unpaired) electrons. The van der Waals surface area contributed by atoms with Crippen molar-refractivity contribution in [2.24, 2.45) is 0 Å². The quantitative estimate of drug-likeness (QED) is 0.368. The van der Waals surface area contributed by atoms with E-state index in [1.165, 1.54) is 7.11 Å². The Morgan fingerprint density at radius 2 is 2.10 bits per heavy atom. The predicted octanol–water partition coefficient (Wildman–Crippen LogP) is 4.86. The molecule has 40 heavy (non-hydrogen) atoms. The lowest BCUT2D eigenvalue weighted by atomic mass is 10.0. The van der Waals surface area contributed by atoms with E-state index in [1.54, 1.807) is 31.4 Å².